The van der Waals surface area contributed by atoms with Gasteiger partial charge >= 0.3 is 0 Å². The zero-order valence-electron chi connectivity index (χ0n) is 13.6. The van der Waals surface area contributed by atoms with Gasteiger partial charge in [0, 0.05) is 17.8 Å². The smallest absolute Gasteiger partial charge is 0.275 e. The van der Waals surface area contributed by atoms with Crippen molar-refractivity contribution in [1.82, 2.24) is 4.98 Å². The molecule has 2 amide bonds. The van der Waals surface area contributed by atoms with Crippen molar-refractivity contribution in [3.63, 3.8) is 0 Å². The Hall–Kier alpha value is -3.06. The van der Waals surface area contributed by atoms with Crippen molar-refractivity contribution in [3.8, 4) is 10.4 Å². The number of fused-ring (bicyclic) bond motifs is 1. The summed E-state index contributed by atoms with van der Waals surface area (Å²) in [7, 11) is 0. The average molecular weight is 367 g/mol. The molecule has 0 saturated heterocycles. The highest BCUT2D eigenvalue weighted by atomic mass is 32.1. The van der Waals surface area contributed by atoms with E-state index in [0.717, 1.165) is 11.3 Å². The molecule has 1 aliphatic heterocycles. The lowest BCUT2D eigenvalue weighted by molar-refractivity contribution is -0.116. The lowest BCUT2D eigenvalue weighted by Crippen LogP contribution is -2.19. The SMILES string of the molecule is O=C1CCc2cc(NC(=O)c3ncsc3-c3cccc(F)c3)ccc2N1. The van der Waals surface area contributed by atoms with Crippen LogP contribution < -0.4 is 10.6 Å². The third-order valence-corrected chi connectivity index (χ3v) is 5.00. The van der Waals surface area contributed by atoms with Crippen molar-refractivity contribution >= 4 is 34.5 Å². The Bertz CT molecular complexity index is 1020. The molecule has 4 rings (SSSR count). The maximum Gasteiger partial charge on any atom is 0.275 e. The number of aryl methyl sites for hydroxylation is 1. The minimum atomic E-state index is -0.362. The fraction of sp³-hybridized carbons (Fsp3) is 0.105. The Labute approximate surface area is 152 Å². The summed E-state index contributed by atoms with van der Waals surface area (Å²) < 4.78 is 13.5. The Balaban J connectivity index is 1.58. The number of thiazole rings is 1. The van der Waals surface area contributed by atoms with Gasteiger partial charge in [0.05, 0.1) is 10.4 Å². The number of hydrogen-bond donors (Lipinski definition) is 2. The minimum absolute atomic E-state index is 0.00325. The third kappa shape index (κ3) is 3.21. The van der Waals surface area contributed by atoms with Gasteiger partial charge in [0.15, 0.2) is 0 Å². The fourth-order valence-electron chi connectivity index (χ4n) is 2.89. The number of nitrogens with one attached hydrogen (secondary N) is 2. The second-order valence-corrected chi connectivity index (χ2v) is 6.77. The molecule has 5 nitrogen and oxygen atoms in total. The molecule has 1 aromatic heterocycles. The van der Waals surface area contributed by atoms with Gasteiger partial charge in [-0.15, -0.1) is 11.3 Å². The lowest BCUT2D eigenvalue weighted by Gasteiger charge is -2.17. The van der Waals surface area contributed by atoms with Crippen LogP contribution in [0.3, 0.4) is 0 Å². The van der Waals surface area contributed by atoms with Gasteiger partial charge in [-0.1, -0.05) is 12.1 Å². The molecule has 2 N–H and O–H groups in total. The molecule has 0 radical (unpaired) electrons. The van der Waals surface area contributed by atoms with Crippen LogP contribution in [0.1, 0.15) is 22.5 Å². The van der Waals surface area contributed by atoms with Crippen LogP contribution in [0.15, 0.2) is 48.0 Å². The number of rotatable bonds is 3. The number of aromatic nitrogens is 1. The molecule has 2 aromatic carbocycles. The Kier molecular flexibility index (Phi) is 4.22. The van der Waals surface area contributed by atoms with Crippen LogP contribution in [-0.4, -0.2) is 16.8 Å². The molecule has 0 unspecified atom stereocenters. The molecule has 1 aliphatic rings. The predicted octanol–water partition coefficient (Wildman–Crippen LogP) is 4.09. The molecule has 3 aromatic rings. The summed E-state index contributed by atoms with van der Waals surface area (Å²) in [5.41, 5.74) is 4.82. The Morgan fingerprint density at radius 1 is 1.19 bits per heavy atom. The van der Waals surface area contributed by atoms with Gasteiger partial charge in [0.2, 0.25) is 5.91 Å². The number of carbonyl (C=O) groups excluding carboxylic acids is 2. The summed E-state index contributed by atoms with van der Waals surface area (Å²) in [5, 5.41) is 5.64. The first-order valence-electron chi connectivity index (χ1n) is 8.04. The number of hydrogen-bond acceptors (Lipinski definition) is 4. The number of halogens is 1. The van der Waals surface area contributed by atoms with Crippen molar-refractivity contribution in [2.45, 2.75) is 12.8 Å². The first-order valence-corrected chi connectivity index (χ1v) is 8.92. The molecule has 0 bridgehead atoms. The summed E-state index contributed by atoms with van der Waals surface area (Å²) >= 11 is 1.29. The van der Waals surface area contributed by atoms with Crippen LogP contribution in [0.5, 0.6) is 0 Å². The topological polar surface area (TPSA) is 71.1 Å². The number of amides is 2. The van der Waals surface area contributed by atoms with E-state index in [-0.39, 0.29) is 23.3 Å². The maximum atomic E-state index is 13.5. The van der Waals surface area contributed by atoms with Crippen molar-refractivity contribution in [2.24, 2.45) is 0 Å². The molecule has 7 heteroatoms. The lowest BCUT2D eigenvalue weighted by atomic mass is 10.0. The van der Waals surface area contributed by atoms with Gasteiger partial charge in [-0.25, -0.2) is 9.37 Å². The van der Waals surface area contributed by atoms with E-state index in [9.17, 15) is 14.0 Å². The first kappa shape index (κ1) is 16.4. The molecule has 0 fully saturated rings. The Morgan fingerprint density at radius 3 is 2.92 bits per heavy atom. The van der Waals surface area contributed by atoms with Crippen LogP contribution in [0.2, 0.25) is 0 Å². The van der Waals surface area contributed by atoms with E-state index in [0.29, 0.717) is 29.0 Å². The summed E-state index contributed by atoms with van der Waals surface area (Å²) in [6.45, 7) is 0. The van der Waals surface area contributed by atoms with E-state index in [1.54, 1.807) is 29.8 Å². The number of benzene rings is 2. The fourth-order valence-corrected chi connectivity index (χ4v) is 3.68. The van der Waals surface area contributed by atoms with Gasteiger partial charge in [-0.05, 0) is 47.9 Å². The number of nitrogens with zero attached hydrogens (tertiary/aromatic N) is 1. The largest absolute Gasteiger partial charge is 0.326 e. The normalized spacial score (nSPS) is 13.0. The molecule has 0 aliphatic carbocycles. The van der Waals surface area contributed by atoms with Crippen LogP contribution in [0.25, 0.3) is 10.4 Å². The first-order chi connectivity index (χ1) is 12.6. The molecule has 130 valence electrons. The summed E-state index contributed by atoms with van der Waals surface area (Å²) in [6.07, 6.45) is 1.07. The third-order valence-electron chi connectivity index (χ3n) is 4.13. The average Bonchev–Trinajstić information content (AvgIpc) is 3.12. The highest BCUT2D eigenvalue weighted by molar-refractivity contribution is 7.13. The molecular weight excluding hydrogens is 353 g/mol. The van der Waals surface area contributed by atoms with Crippen LogP contribution in [0, 0.1) is 5.82 Å². The van der Waals surface area contributed by atoms with E-state index < -0.39 is 0 Å². The maximum absolute atomic E-state index is 13.5. The van der Waals surface area contributed by atoms with Crippen molar-refractivity contribution in [2.75, 3.05) is 10.6 Å². The molecule has 0 saturated carbocycles. The quantitative estimate of drug-likeness (QED) is 0.733. The molecule has 2 heterocycles. The van der Waals surface area contributed by atoms with Crippen molar-refractivity contribution in [1.29, 1.82) is 0 Å². The zero-order chi connectivity index (χ0) is 18.1. The molecule has 0 spiro atoms. The standard InChI is InChI=1S/C19H14FN3O2S/c20-13-3-1-2-12(8-13)18-17(21-10-26-18)19(25)22-14-5-6-15-11(9-14)4-7-16(24)23-15/h1-3,5-6,8-10H,4,7H2,(H,22,25)(H,23,24). The highest BCUT2D eigenvalue weighted by Gasteiger charge is 2.19. The van der Waals surface area contributed by atoms with Crippen LogP contribution in [-0.2, 0) is 11.2 Å². The van der Waals surface area contributed by atoms with Crippen LogP contribution in [0.4, 0.5) is 15.8 Å². The van der Waals surface area contributed by atoms with Gasteiger partial charge in [0.25, 0.3) is 5.91 Å². The van der Waals surface area contributed by atoms with Crippen molar-refractivity contribution in [3.05, 3.63) is 65.0 Å². The minimum Gasteiger partial charge on any atom is -0.326 e. The van der Waals surface area contributed by atoms with Crippen LogP contribution >= 0.6 is 11.3 Å². The second kappa shape index (κ2) is 6.68. The molecular formula is C19H14FN3O2S. The number of anilines is 2. The van der Waals surface area contributed by atoms with Gasteiger partial charge in [0.1, 0.15) is 11.5 Å². The monoisotopic (exact) mass is 367 g/mol. The van der Waals surface area contributed by atoms with E-state index in [2.05, 4.69) is 15.6 Å². The van der Waals surface area contributed by atoms with E-state index in [4.69, 9.17) is 0 Å². The predicted molar refractivity (Wildman–Crippen MR) is 98.9 cm³/mol. The summed E-state index contributed by atoms with van der Waals surface area (Å²) in [5.74, 6) is -0.721. The van der Waals surface area contributed by atoms with Gasteiger partial charge < -0.3 is 10.6 Å². The summed E-state index contributed by atoms with van der Waals surface area (Å²) in [4.78, 5) is 28.8. The van der Waals surface area contributed by atoms with Gasteiger partial charge in [-0.3, -0.25) is 9.59 Å². The van der Waals surface area contributed by atoms with E-state index in [1.807, 2.05) is 6.07 Å². The Morgan fingerprint density at radius 2 is 2.08 bits per heavy atom. The number of carbonyl (C=O) groups is 2. The molecule has 0 atom stereocenters. The van der Waals surface area contributed by atoms with Gasteiger partial charge in [-0.2, -0.15) is 0 Å². The second-order valence-electron chi connectivity index (χ2n) is 5.91. The van der Waals surface area contributed by atoms with E-state index >= 15 is 0 Å². The highest BCUT2D eigenvalue weighted by Crippen LogP contribution is 2.30. The summed E-state index contributed by atoms with van der Waals surface area (Å²) in [6, 6.07) is 11.4. The van der Waals surface area contributed by atoms with E-state index in [1.165, 1.54) is 23.5 Å². The zero-order valence-corrected chi connectivity index (χ0v) is 14.4. The molecule has 26 heavy (non-hydrogen) atoms. The van der Waals surface area contributed by atoms with Crippen molar-refractivity contribution < 1.29 is 14.0 Å².